The Morgan fingerprint density at radius 1 is 1.50 bits per heavy atom. The van der Waals surface area contributed by atoms with Crippen LogP contribution in [0.25, 0.3) is 0 Å². The number of halogens is 1. The third-order valence-corrected chi connectivity index (χ3v) is 2.05. The number of hydrogen-bond donors (Lipinski definition) is 3. The van der Waals surface area contributed by atoms with Gasteiger partial charge in [0.2, 0.25) is 0 Å². The lowest BCUT2D eigenvalue weighted by Crippen LogP contribution is -2.46. The average Bonchev–Trinajstić information content (AvgIpc) is 2.21. The summed E-state index contributed by atoms with van der Waals surface area (Å²) in [5.41, 5.74) is -0.975. The maximum absolute atomic E-state index is 12.9. The number of aliphatic hydroxyl groups is 1. The van der Waals surface area contributed by atoms with Gasteiger partial charge in [-0.1, -0.05) is 0 Å². The van der Waals surface area contributed by atoms with E-state index >= 15 is 0 Å². The normalized spacial score (nSPS) is 11.2. The summed E-state index contributed by atoms with van der Waals surface area (Å²) < 4.78 is 12.9. The van der Waals surface area contributed by atoms with Crippen molar-refractivity contribution >= 4 is 5.91 Å². The molecule has 0 heterocycles. The van der Waals surface area contributed by atoms with Crippen molar-refractivity contribution in [3.05, 3.63) is 29.6 Å². The third-order valence-electron chi connectivity index (χ3n) is 2.05. The number of carbonyl (C=O) groups is 1. The summed E-state index contributed by atoms with van der Waals surface area (Å²) in [6, 6.07) is 3.11. The van der Waals surface area contributed by atoms with Crippen LogP contribution < -0.4 is 5.32 Å². The van der Waals surface area contributed by atoms with Gasteiger partial charge in [0.05, 0.1) is 17.7 Å². The summed E-state index contributed by atoms with van der Waals surface area (Å²) in [6.45, 7) is 2.97. The van der Waals surface area contributed by atoms with Crippen LogP contribution in [0.15, 0.2) is 18.2 Å². The topological polar surface area (TPSA) is 69.6 Å². The SMILES string of the molecule is CC(C)(CO)NC(=O)c1cc(F)ccc1O. The summed E-state index contributed by atoms with van der Waals surface area (Å²) in [7, 11) is 0. The predicted octanol–water partition coefficient (Wildman–Crippen LogP) is 1.03. The lowest BCUT2D eigenvalue weighted by Gasteiger charge is -2.23. The Morgan fingerprint density at radius 3 is 2.69 bits per heavy atom. The van der Waals surface area contributed by atoms with Gasteiger partial charge in [-0.05, 0) is 32.0 Å². The van der Waals surface area contributed by atoms with Crippen LogP contribution in [0.3, 0.4) is 0 Å². The van der Waals surface area contributed by atoms with E-state index in [0.29, 0.717) is 0 Å². The van der Waals surface area contributed by atoms with Gasteiger partial charge in [0.15, 0.2) is 0 Å². The standard InChI is InChI=1S/C11H14FNO3/c1-11(2,6-14)13-10(16)8-5-7(12)3-4-9(8)15/h3-5,14-15H,6H2,1-2H3,(H,13,16). The molecule has 0 bridgehead atoms. The molecule has 3 N–H and O–H groups in total. The number of nitrogens with one attached hydrogen (secondary N) is 1. The molecule has 4 nitrogen and oxygen atoms in total. The summed E-state index contributed by atoms with van der Waals surface area (Å²) in [5.74, 6) is -1.53. The van der Waals surface area contributed by atoms with Gasteiger partial charge in [-0.2, -0.15) is 0 Å². The van der Waals surface area contributed by atoms with Crippen molar-refractivity contribution in [2.24, 2.45) is 0 Å². The minimum Gasteiger partial charge on any atom is -0.507 e. The van der Waals surface area contributed by atoms with Crippen molar-refractivity contribution in [1.29, 1.82) is 0 Å². The molecule has 16 heavy (non-hydrogen) atoms. The van der Waals surface area contributed by atoms with E-state index in [4.69, 9.17) is 5.11 Å². The number of phenols is 1. The highest BCUT2D eigenvalue weighted by Crippen LogP contribution is 2.18. The van der Waals surface area contributed by atoms with Crippen molar-refractivity contribution in [2.45, 2.75) is 19.4 Å². The summed E-state index contributed by atoms with van der Waals surface area (Å²) in [5, 5.41) is 20.8. The van der Waals surface area contributed by atoms with Gasteiger partial charge in [0.1, 0.15) is 11.6 Å². The first kappa shape index (κ1) is 12.4. The van der Waals surface area contributed by atoms with E-state index in [1.54, 1.807) is 13.8 Å². The molecule has 5 heteroatoms. The molecular weight excluding hydrogens is 213 g/mol. The molecule has 0 aliphatic carbocycles. The summed E-state index contributed by atoms with van der Waals surface area (Å²) in [6.07, 6.45) is 0. The molecule has 0 saturated carbocycles. The minimum atomic E-state index is -0.824. The predicted molar refractivity (Wildman–Crippen MR) is 56.7 cm³/mol. The zero-order valence-corrected chi connectivity index (χ0v) is 9.12. The number of carbonyl (C=O) groups excluding carboxylic acids is 1. The van der Waals surface area contributed by atoms with E-state index in [1.807, 2.05) is 0 Å². The Kier molecular flexibility index (Phi) is 3.49. The van der Waals surface area contributed by atoms with Crippen LogP contribution in [-0.4, -0.2) is 28.3 Å². The number of amides is 1. The molecule has 88 valence electrons. The molecule has 0 spiro atoms. The first-order valence-corrected chi connectivity index (χ1v) is 4.77. The van der Waals surface area contributed by atoms with Crippen LogP contribution >= 0.6 is 0 Å². The van der Waals surface area contributed by atoms with Gasteiger partial charge in [-0.25, -0.2) is 4.39 Å². The zero-order valence-electron chi connectivity index (χ0n) is 9.12. The Hall–Kier alpha value is -1.62. The second-order valence-corrected chi connectivity index (χ2v) is 4.16. The van der Waals surface area contributed by atoms with Crippen molar-refractivity contribution in [3.8, 4) is 5.75 Å². The van der Waals surface area contributed by atoms with Crippen molar-refractivity contribution in [2.75, 3.05) is 6.61 Å². The van der Waals surface area contributed by atoms with E-state index in [-0.39, 0.29) is 17.9 Å². The van der Waals surface area contributed by atoms with E-state index in [9.17, 15) is 14.3 Å². The fourth-order valence-corrected chi connectivity index (χ4v) is 1.10. The van der Waals surface area contributed by atoms with Crippen LogP contribution in [0.4, 0.5) is 4.39 Å². The maximum Gasteiger partial charge on any atom is 0.255 e. The molecular formula is C11H14FNO3. The molecule has 0 aliphatic rings. The highest BCUT2D eigenvalue weighted by Gasteiger charge is 2.21. The lowest BCUT2D eigenvalue weighted by atomic mass is 10.1. The quantitative estimate of drug-likeness (QED) is 0.722. The monoisotopic (exact) mass is 227 g/mol. The molecule has 0 unspecified atom stereocenters. The number of aliphatic hydroxyl groups excluding tert-OH is 1. The van der Waals surface area contributed by atoms with Crippen LogP contribution in [0.1, 0.15) is 24.2 Å². The number of benzene rings is 1. The van der Waals surface area contributed by atoms with Crippen molar-refractivity contribution in [3.63, 3.8) is 0 Å². The molecule has 1 aromatic carbocycles. The molecule has 0 fully saturated rings. The van der Waals surface area contributed by atoms with Crippen LogP contribution in [-0.2, 0) is 0 Å². The number of rotatable bonds is 3. The Labute approximate surface area is 92.7 Å². The second kappa shape index (κ2) is 4.49. The smallest absolute Gasteiger partial charge is 0.255 e. The van der Waals surface area contributed by atoms with Gasteiger partial charge in [-0.15, -0.1) is 0 Å². The first-order valence-electron chi connectivity index (χ1n) is 4.77. The molecule has 0 radical (unpaired) electrons. The fraction of sp³-hybridized carbons (Fsp3) is 0.364. The molecule has 1 rings (SSSR count). The fourth-order valence-electron chi connectivity index (χ4n) is 1.10. The highest BCUT2D eigenvalue weighted by molar-refractivity contribution is 5.97. The molecule has 1 aromatic rings. The van der Waals surface area contributed by atoms with Gasteiger partial charge in [0.25, 0.3) is 5.91 Å². The molecule has 0 atom stereocenters. The Balaban J connectivity index is 2.93. The van der Waals surface area contributed by atoms with Crippen molar-refractivity contribution in [1.82, 2.24) is 5.32 Å². The largest absolute Gasteiger partial charge is 0.507 e. The van der Waals surface area contributed by atoms with Crippen molar-refractivity contribution < 1.29 is 19.4 Å². The van der Waals surface area contributed by atoms with Gasteiger partial charge >= 0.3 is 0 Å². The van der Waals surface area contributed by atoms with Crippen LogP contribution in [0, 0.1) is 5.82 Å². The van der Waals surface area contributed by atoms with E-state index in [1.165, 1.54) is 0 Å². The molecule has 0 aliphatic heterocycles. The van der Waals surface area contributed by atoms with Gasteiger partial charge in [0, 0.05) is 0 Å². The molecule has 0 saturated heterocycles. The number of phenolic OH excluding ortho intramolecular Hbond substituents is 1. The Morgan fingerprint density at radius 2 is 2.12 bits per heavy atom. The van der Waals surface area contributed by atoms with Crippen LogP contribution in [0.5, 0.6) is 5.75 Å². The van der Waals surface area contributed by atoms with E-state index in [2.05, 4.69) is 5.32 Å². The molecule has 0 aromatic heterocycles. The van der Waals surface area contributed by atoms with Crippen LogP contribution in [0.2, 0.25) is 0 Å². The lowest BCUT2D eigenvalue weighted by molar-refractivity contribution is 0.0866. The molecule has 1 amide bonds. The maximum atomic E-state index is 12.9. The van der Waals surface area contributed by atoms with E-state index < -0.39 is 17.3 Å². The number of aromatic hydroxyl groups is 1. The summed E-state index contributed by atoms with van der Waals surface area (Å²) >= 11 is 0. The van der Waals surface area contributed by atoms with Gasteiger partial charge < -0.3 is 15.5 Å². The first-order chi connectivity index (χ1) is 7.35. The average molecular weight is 227 g/mol. The Bertz CT molecular complexity index is 404. The number of hydrogen-bond acceptors (Lipinski definition) is 3. The zero-order chi connectivity index (χ0) is 12.3. The van der Waals surface area contributed by atoms with E-state index in [0.717, 1.165) is 18.2 Å². The summed E-state index contributed by atoms with van der Waals surface area (Å²) in [4.78, 5) is 11.6. The highest BCUT2D eigenvalue weighted by atomic mass is 19.1. The minimum absolute atomic E-state index is 0.151. The van der Waals surface area contributed by atoms with Gasteiger partial charge in [-0.3, -0.25) is 4.79 Å². The second-order valence-electron chi connectivity index (χ2n) is 4.16. The third kappa shape index (κ3) is 2.93.